The van der Waals surface area contributed by atoms with Crippen molar-refractivity contribution in [1.82, 2.24) is 4.72 Å². The highest BCUT2D eigenvalue weighted by Gasteiger charge is 2.26. The highest BCUT2D eigenvalue weighted by molar-refractivity contribution is 7.89. The Hall–Kier alpha value is -1.71. The molecule has 0 bridgehead atoms. The molecule has 1 aromatic rings. The SMILES string of the molecule is CC[C@@H](NS(=O)(=O)c1ccc([N+](=O)[O-])cc1Cl)C(=O)O. The Balaban J connectivity index is 3.16. The van der Waals surface area contributed by atoms with E-state index in [4.69, 9.17) is 16.7 Å². The van der Waals surface area contributed by atoms with E-state index in [9.17, 15) is 23.3 Å². The number of sulfonamides is 1. The van der Waals surface area contributed by atoms with E-state index < -0.39 is 31.9 Å². The fraction of sp³-hybridized carbons (Fsp3) is 0.300. The van der Waals surface area contributed by atoms with Gasteiger partial charge in [-0.15, -0.1) is 0 Å². The van der Waals surface area contributed by atoms with Crippen LogP contribution in [-0.4, -0.2) is 30.5 Å². The molecule has 110 valence electrons. The van der Waals surface area contributed by atoms with E-state index in [2.05, 4.69) is 0 Å². The maximum absolute atomic E-state index is 12.0. The molecule has 1 aromatic carbocycles. The summed E-state index contributed by atoms with van der Waals surface area (Å²) in [5.41, 5.74) is -0.362. The van der Waals surface area contributed by atoms with Crippen LogP contribution in [0.4, 0.5) is 5.69 Å². The van der Waals surface area contributed by atoms with E-state index in [1.807, 2.05) is 4.72 Å². The summed E-state index contributed by atoms with van der Waals surface area (Å²) < 4.78 is 25.9. The Morgan fingerprint density at radius 2 is 2.15 bits per heavy atom. The number of nitro benzene ring substituents is 1. The number of rotatable bonds is 6. The first kappa shape index (κ1) is 16.3. The van der Waals surface area contributed by atoms with Crippen molar-refractivity contribution in [3.8, 4) is 0 Å². The lowest BCUT2D eigenvalue weighted by molar-refractivity contribution is -0.384. The van der Waals surface area contributed by atoms with Crippen LogP contribution < -0.4 is 4.72 Å². The molecule has 20 heavy (non-hydrogen) atoms. The predicted octanol–water partition coefficient (Wildman–Crippen LogP) is 1.39. The normalized spacial score (nSPS) is 12.9. The smallest absolute Gasteiger partial charge is 0.321 e. The fourth-order valence-corrected chi connectivity index (χ4v) is 3.19. The first-order valence-electron chi connectivity index (χ1n) is 5.38. The summed E-state index contributed by atoms with van der Waals surface area (Å²) in [4.78, 5) is 20.2. The lowest BCUT2D eigenvalue weighted by Gasteiger charge is -2.13. The molecule has 1 rings (SSSR count). The van der Waals surface area contributed by atoms with Gasteiger partial charge in [0.05, 0.1) is 9.95 Å². The van der Waals surface area contributed by atoms with Crippen molar-refractivity contribution in [3.05, 3.63) is 33.3 Å². The Morgan fingerprint density at radius 1 is 1.55 bits per heavy atom. The number of non-ortho nitro benzene ring substituents is 1. The van der Waals surface area contributed by atoms with Gasteiger partial charge >= 0.3 is 5.97 Å². The molecule has 0 unspecified atom stereocenters. The quantitative estimate of drug-likeness (QED) is 0.602. The third-order valence-corrected chi connectivity index (χ3v) is 4.37. The van der Waals surface area contributed by atoms with Crippen molar-refractivity contribution >= 4 is 33.3 Å². The zero-order valence-electron chi connectivity index (χ0n) is 10.2. The molecule has 0 aliphatic rings. The van der Waals surface area contributed by atoms with E-state index in [0.29, 0.717) is 0 Å². The van der Waals surface area contributed by atoms with Crippen molar-refractivity contribution in [2.24, 2.45) is 0 Å². The number of nitro groups is 1. The number of benzene rings is 1. The number of nitrogens with zero attached hydrogens (tertiary/aromatic N) is 1. The van der Waals surface area contributed by atoms with Crippen molar-refractivity contribution in [3.63, 3.8) is 0 Å². The monoisotopic (exact) mass is 322 g/mol. The molecule has 0 radical (unpaired) electrons. The second kappa shape index (κ2) is 6.16. The molecule has 0 aromatic heterocycles. The summed E-state index contributed by atoms with van der Waals surface area (Å²) in [5, 5.41) is 19.0. The number of halogens is 1. The summed E-state index contributed by atoms with van der Waals surface area (Å²) >= 11 is 5.69. The van der Waals surface area contributed by atoms with E-state index >= 15 is 0 Å². The molecule has 0 heterocycles. The average Bonchev–Trinajstić information content (AvgIpc) is 2.35. The summed E-state index contributed by atoms with van der Waals surface area (Å²) in [7, 11) is -4.18. The van der Waals surface area contributed by atoms with Gasteiger partial charge in [0.15, 0.2) is 0 Å². The largest absolute Gasteiger partial charge is 0.480 e. The number of carbonyl (C=O) groups is 1. The second-order valence-corrected chi connectivity index (χ2v) is 5.88. The van der Waals surface area contributed by atoms with Crippen molar-refractivity contribution < 1.29 is 23.2 Å². The topological polar surface area (TPSA) is 127 Å². The van der Waals surface area contributed by atoms with Gasteiger partial charge in [-0.2, -0.15) is 4.72 Å². The van der Waals surface area contributed by atoms with Crippen molar-refractivity contribution in [2.45, 2.75) is 24.3 Å². The third kappa shape index (κ3) is 3.65. The molecule has 0 aliphatic heterocycles. The minimum absolute atomic E-state index is 0.0408. The van der Waals surface area contributed by atoms with Gasteiger partial charge in [-0.3, -0.25) is 14.9 Å². The highest BCUT2D eigenvalue weighted by Crippen LogP contribution is 2.26. The summed E-state index contributed by atoms with van der Waals surface area (Å²) in [6.07, 6.45) is 0.0408. The van der Waals surface area contributed by atoms with Crippen LogP contribution in [0.15, 0.2) is 23.1 Å². The number of nitrogens with one attached hydrogen (secondary N) is 1. The molecule has 10 heteroatoms. The Kier molecular flexibility index (Phi) is 5.03. The van der Waals surface area contributed by atoms with Crippen LogP contribution in [0.1, 0.15) is 13.3 Å². The van der Waals surface area contributed by atoms with Crippen LogP contribution in [0.5, 0.6) is 0 Å². The molecule has 0 spiro atoms. The lowest BCUT2D eigenvalue weighted by atomic mass is 10.2. The van der Waals surface area contributed by atoms with Gasteiger partial charge in [-0.25, -0.2) is 8.42 Å². The van der Waals surface area contributed by atoms with Crippen LogP contribution >= 0.6 is 11.6 Å². The summed E-state index contributed by atoms with van der Waals surface area (Å²) in [6.45, 7) is 1.50. The van der Waals surface area contributed by atoms with Gasteiger partial charge in [0, 0.05) is 12.1 Å². The predicted molar refractivity (Wildman–Crippen MR) is 70.1 cm³/mol. The molecule has 1 atom stereocenters. The first-order chi connectivity index (χ1) is 9.19. The molecule has 0 aliphatic carbocycles. The molecule has 2 N–H and O–H groups in total. The fourth-order valence-electron chi connectivity index (χ4n) is 1.38. The molecule has 0 saturated carbocycles. The third-order valence-electron chi connectivity index (χ3n) is 2.42. The van der Waals surface area contributed by atoms with Gasteiger partial charge in [0.2, 0.25) is 10.0 Å². The molecule has 0 fully saturated rings. The van der Waals surface area contributed by atoms with Gasteiger partial charge in [-0.1, -0.05) is 18.5 Å². The van der Waals surface area contributed by atoms with E-state index in [1.165, 1.54) is 6.92 Å². The first-order valence-corrected chi connectivity index (χ1v) is 7.24. The van der Waals surface area contributed by atoms with Gasteiger partial charge in [0.25, 0.3) is 5.69 Å². The van der Waals surface area contributed by atoms with Crippen LogP contribution in [0, 0.1) is 10.1 Å². The molecule has 0 saturated heterocycles. The zero-order chi connectivity index (χ0) is 15.5. The van der Waals surface area contributed by atoms with E-state index in [0.717, 1.165) is 18.2 Å². The Morgan fingerprint density at radius 3 is 2.55 bits per heavy atom. The number of carboxylic acid groups (broad SMARTS) is 1. The lowest BCUT2D eigenvalue weighted by Crippen LogP contribution is -2.40. The minimum atomic E-state index is -4.18. The number of aliphatic carboxylic acids is 1. The van der Waals surface area contributed by atoms with Crippen LogP contribution in [0.2, 0.25) is 5.02 Å². The van der Waals surface area contributed by atoms with E-state index in [-0.39, 0.29) is 17.1 Å². The van der Waals surface area contributed by atoms with Crippen LogP contribution in [0.25, 0.3) is 0 Å². The molecule has 8 nitrogen and oxygen atoms in total. The molecular formula is C10H11ClN2O6S. The number of hydrogen-bond donors (Lipinski definition) is 2. The molecule has 0 amide bonds. The number of hydrogen-bond acceptors (Lipinski definition) is 5. The highest BCUT2D eigenvalue weighted by atomic mass is 35.5. The van der Waals surface area contributed by atoms with Crippen molar-refractivity contribution in [1.29, 1.82) is 0 Å². The van der Waals surface area contributed by atoms with Crippen LogP contribution in [0.3, 0.4) is 0 Å². The van der Waals surface area contributed by atoms with Gasteiger partial charge < -0.3 is 5.11 Å². The summed E-state index contributed by atoms with van der Waals surface area (Å²) in [6, 6.07) is 1.52. The standard InChI is InChI=1S/C10H11ClN2O6S/c1-2-8(10(14)15)12-20(18,19)9-4-3-6(13(16)17)5-7(9)11/h3-5,8,12H,2H2,1H3,(H,14,15)/t8-/m1/s1. The van der Waals surface area contributed by atoms with Gasteiger partial charge in [-0.05, 0) is 12.5 Å². The van der Waals surface area contributed by atoms with Gasteiger partial charge in [0.1, 0.15) is 10.9 Å². The number of carboxylic acids is 1. The maximum Gasteiger partial charge on any atom is 0.321 e. The van der Waals surface area contributed by atoms with E-state index in [1.54, 1.807) is 0 Å². The molecular weight excluding hydrogens is 312 g/mol. The zero-order valence-corrected chi connectivity index (χ0v) is 11.8. The Bertz CT molecular complexity index is 645. The minimum Gasteiger partial charge on any atom is -0.480 e. The maximum atomic E-state index is 12.0. The summed E-state index contributed by atoms with van der Waals surface area (Å²) in [5.74, 6) is -1.32. The van der Waals surface area contributed by atoms with Crippen molar-refractivity contribution in [2.75, 3.05) is 0 Å². The Labute approximate surface area is 119 Å². The van der Waals surface area contributed by atoms with Crippen LogP contribution in [-0.2, 0) is 14.8 Å². The second-order valence-electron chi connectivity index (χ2n) is 3.79. The average molecular weight is 323 g/mol.